The van der Waals surface area contributed by atoms with Crippen LogP contribution in [0.2, 0.25) is 0 Å². The third-order valence-corrected chi connectivity index (χ3v) is 3.15. The molecule has 0 saturated carbocycles. The van der Waals surface area contributed by atoms with Crippen molar-refractivity contribution in [1.82, 2.24) is 15.3 Å². The number of nitrogens with one attached hydrogen (secondary N) is 2. The molecular formula is C8H16N3O3P. The van der Waals surface area contributed by atoms with Crippen molar-refractivity contribution >= 4 is 7.60 Å². The summed E-state index contributed by atoms with van der Waals surface area (Å²) in [4.78, 5) is 24.7. The molecule has 1 heterocycles. The minimum absolute atomic E-state index is 0.416. The summed E-state index contributed by atoms with van der Waals surface area (Å²) >= 11 is 0. The summed E-state index contributed by atoms with van der Waals surface area (Å²) in [6, 6.07) is 0. The second-order valence-electron chi connectivity index (χ2n) is 3.31. The van der Waals surface area contributed by atoms with Crippen LogP contribution in [0.5, 0.6) is 0 Å². The molecule has 1 aromatic heterocycles. The van der Waals surface area contributed by atoms with Crippen LogP contribution in [0.4, 0.5) is 0 Å². The van der Waals surface area contributed by atoms with Gasteiger partial charge in [-0.3, -0.25) is 9.88 Å². The van der Waals surface area contributed by atoms with Crippen molar-refractivity contribution in [3.63, 3.8) is 0 Å². The molecule has 0 bridgehead atoms. The lowest BCUT2D eigenvalue weighted by atomic mass is 10.3. The number of nitrogens with zero attached hydrogens (tertiary/aromatic N) is 1. The number of rotatable bonds is 6. The molecule has 1 rings (SSSR count). The number of hydrogen-bond donors (Lipinski definition) is 4. The van der Waals surface area contributed by atoms with E-state index in [1.807, 2.05) is 6.92 Å². The molecule has 0 aliphatic rings. The third kappa shape index (κ3) is 3.76. The van der Waals surface area contributed by atoms with Crippen LogP contribution in [0.1, 0.15) is 31.2 Å². The Kier molecular flexibility index (Phi) is 4.47. The average Bonchev–Trinajstić information content (AvgIpc) is 2.63. The van der Waals surface area contributed by atoms with Crippen LogP contribution >= 0.6 is 7.60 Å². The van der Waals surface area contributed by atoms with Gasteiger partial charge in [0.1, 0.15) is 0 Å². The summed E-state index contributed by atoms with van der Waals surface area (Å²) in [5.74, 6) is -0.980. The van der Waals surface area contributed by atoms with E-state index in [0.717, 1.165) is 12.8 Å². The Bertz CT molecular complexity index is 322. The van der Waals surface area contributed by atoms with Gasteiger partial charge in [-0.1, -0.05) is 13.3 Å². The molecule has 6 nitrogen and oxygen atoms in total. The molecule has 0 aliphatic carbocycles. The lowest BCUT2D eigenvalue weighted by Gasteiger charge is -2.18. The molecule has 4 N–H and O–H groups in total. The second kappa shape index (κ2) is 5.42. The monoisotopic (exact) mass is 233 g/mol. The van der Waals surface area contributed by atoms with Gasteiger partial charge in [0.2, 0.25) is 0 Å². The van der Waals surface area contributed by atoms with Crippen LogP contribution in [0.15, 0.2) is 12.5 Å². The third-order valence-electron chi connectivity index (χ3n) is 2.02. The van der Waals surface area contributed by atoms with Crippen molar-refractivity contribution < 1.29 is 14.4 Å². The maximum absolute atomic E-state index is 11.2. The van der Waals surface area contributed by atoms with Crippen LogP contribution in [0.25, 0.3) is 0 Å². The van der Waals surface area contributed by atoms with E-state index in [0.29, 0.717) is 12.2 Å². The topological polar surface area (TPSA) is 98.2 Å². The molecule has 86 valence electrons. The van der Waals surface area contributed by atoms with Gasteiger partial charge in [-0.15, -0.1) is 0 Å². The number of aromatic amines is 1. The Hall–Kier alpha value is -0.680. The van der Waals surface area contributed by atoms with Crippen molar-refractivity contribution in [2.75, 3.05) is 6.54 Å². The number of imidazole rings is 1. The summed E-state index contributed by atoms with van der Waals surface area (Å²) in [6.45, 7) is 2.59. The summed E-state index contributed by atoms with van der Waals surface area (Å²) in [5, 5.41) is 2.83. The van der Waals surface area contributed by atoms with Gasteiger partial charge < -0.3 is 14.8 Å². The van der Waals surface area contributed by atoms with Crippen LogP contribution in [0.3, 0.4) is 0 Å². The van der Waals surface area contributed by atoms with Crippen molar-refractivity contribution in [3.8, 4) is 0 Å². The first-order chi connectivity index (χ1) is 7.05. The first-order valence-corrected chi connectivity index (χ1v) is 6.50. The van der Waals surface area contributed by atoms with Gasteiger partial charge in [0.15, 0.2) is 5.78 Å². The lowest BCUT2D eigenvalue weighted by molar-refractivity contribution is 0.346. The molecule has 1 unspecified atom stereocenters. The highest BCUT2D eigenvalue weighted by Gasteiger charge is 2.30. The SMILES string of the molecule is CCCCNC(c1cnc[nH]1)P(=O)(O)O. The van der Waals surface area contributed by atoms with E-state index in [1.54, 1.807) is 0 Å². The first kappa shape index (κ1) is 12.4. The van der Waals surface area contributed by atoms with Gasteiger partial charge in [-0.25, -0.2) is 4.98 Å². The zero-order valence-corrected chi connectivity index (χ0v) is 9.44. The van der Waals surface area contributed by atoms with Gasteiger partial charge in [0.05, 0.1) is 18.2 Å². The summed E-state index contributed by atoms with van der Waals surface area (Å²) in [5.41, 5.74) is 0.416. The number of hydrogen-bond acceptors (Lipinski definition) is 3. The van der Waals surface area contributed by atoms with E-state index in [-0.39, 0.29) is 0 Å². The fraction of sp³-hybridized carbons (Fsp3) is 0.625. The molecule has 0 radical (unpaired) electrons. The Morgan fingerprint density at radius 2 is 2.40 bits per heavy atom. The van der Waals surface area contributed by atoms with Crippen molar-refractivity contribution in [2.45, 2.75) is 25.5 Å². The van der Waals surface area contributed by atoms with Crippen LogP contribution in [-0.4, -0.2) is 26.3 Å². The summed E-state index contributed by atoms with van der Waals surface area (Å²) < 4.78 is 11.2. The lowest BCUT2D eigenvalue weighted by Crippen LogP contribution is -2.22. The quantitative estimate of drug-likeness (QED) is 0.433. The molecule has 1 aromatic rings. The number of aromatic nitrogens is 2. The zero-order valence-electron chi connectivity index (χ0n) is 8.55. The van der Waals surface area contributed by atoms with Gasteiger partial charge in [0, 0.05) is 0 Å². The van der Waals surface area contributed by atoms with E-state index in [9.17, 15) is 4.57 Å². The normalized spacial score (nSPS) is 14.1. The molecule has 15 heavy (non-hydrogen) atoms. The number of unbranched alkanes of at least 4 members (excludes halogenated alkanes) is 1. The largest absolute Gasteiger partial charge is 0.348 e. The highest BCUT2D eigenvalue weighted by atomic mass is 31.2. The van der Waals surface area contributed by atoms with E-state index in [4.69, 9.17) is 9.79 Å². The molecule has 0 aliphatic heterocycles. The van der Waals surface area contributed by atoms with Crippen LogP contribution < -0.4 is 5.32 Å². The molecule has 0 amide bonds. The van der Waals surface area contributed by atoms with Crippen molar-refractivity contribution in [3.05, 3.63) is 18.2 Å². The summed E-state index contributed by atoms with van der Waals surface area (Å²) in [7, 11) is -4.19. The van der Waals surface area contributed by atoms with E-state index in [2.05, 4.69) is 15.3 Å². The van der Waals surface area contributed by atoms with E-state index in [1.165, 1.54) is 12.5 Å². The Morgan fingerprint density at radius 1 is 1.67 bits per heavy atom. The molecule has 1 atom stereocenters. The Morgan fingerprint density at radius 3 is 2.87 bits per heavy atom. The van der Waals surface area contributed by atoms with Gasteiger partial charge in [-0.05, 0) is 13.0 Å². The fourth-order valence-electron chi connectivity index (χ4n) is 1.24. The van der Waals surface area contributed by atoms with Crippen molar-refractivity contribution in [2.24, 2.45) is 0 Å². The summed E-state index contributed by atoms with van der Waals surface area (Å²) in [6.07, 6.45) is 4.68. The van der Waals surface area contributed by atoms with Crippen LogP contribution in [-0.2, 0) is 4.57 Å². The van der Waals surface area contributed by atoms with E-state index >= 15 is 0 Å². The highest BCUT2D eigenvalue weighted by molar-refractivity contribution is 7.52. The maximum atomic E-state index is 11.2. The van der Waals surface area contributed by atoms with Gasteiger partial charge >= 0.3 is 7.60 Å². The number of H-pyrrole nitrogens is 1. The predicted molar refractivity (Wildman–Crippen MR) is 56.3 cm³/mol. The highest BCUT2D eigenvalue weighted by Crippen LogP contribution is 2.49. The predicted octanol–water partition coefficient (Wildman–Crippen LogP) is 0.976. The molecule has 0 aromatic carbocycles. The molecule has 0 spiro atoms. The standard InChI is InChI=1S/C8H16N3O3P/c1-2-3-4-10-8(15(12,13)14)7-5-9-6-11-7/h5-6,8,10H,2-4H2,1H3,(H,9,11)(H2,12,13,14). The minimum Gasteiger partial charge on any atom is -0.347 e. The zero-order chi connectivity index (χ0) is 11.3. The first-order valence-electron chi connectivity index (χ1n) is 4.82. The smallest absolute Gasteiger partial charge is 0.347 e. The van der Waals surface area contributed by atoms with Crippen molar-refractivity contribution in [1.29, 1.82) is 0 Å². The molecule has 0 fully saturated rings. The fourth-order valence-corrected chi connectivity index (χ4v) is 2.11. The minimum atomic E-state index is -4.19. The Labute approximate surface area is 88.3 Å². The molecule has 7 heteroatoms. The molecule has 0 saturated heterocycles. The maximum Gasteiger partial charge on any atom is 0.348 e. The average molecular weight is 233 g/mol. The van der Waals surface area contributed by atoms with E-state index < -0.39 is 13.4 Å². The van der Waals surface area contributed by atoms with Gasteiger partial charge in [0.25, 0.3) is 0 Å². The Balaban J connectivity index is 2.67. The van der Waals surface area contributed by atoms with Gasteiger partial charge in [-0.2, -0.15) is 0 Å². The molecular weight excluding hydrogens is 217 g/mol. The second-order valence-corrected chi connectivity index (χ2v) is 5.00. The van der Waals surface area contributed by atoms with Crippen LogP contribution in [0, 0.1) is 0 Å².